The van der Waals surface area contributed by atoms with E-state index in [0.717, 1.165) is 0 Å². The fraction of sp³-hybridized carbons (Fsp3) is 0.158. The van der Waals surface area contributed by atoms with Crippen LogP contribution < -0.4 is 5.32 Å². The number of aromatic nitrogens is 1. The Morgan fingerprint density at radius 2 is 1.73 bits per heavy atom. The first-order valence-electron chi connectivity index (χ1n) is 7.99. The van der Waals surface area contributed by atoms with Gasteiger partial charge in [0.05, 0.1) is 17.2 Å². The third-order valence-corrected chi connectivity index (χ3v) is 5.19. The van der Waals surface area contributed by atoms with Crippen molar-refractivity contribution in [1.82, 2.24) is 5.16 Å². The maximum Gasteiger partial charge on any atom is 0.255 e. The van der Waals surface area contributed by atoms with Gasteiger partial charge in [-0.15, -0.1) is 0 Å². The molecule has 0 radical (unpaired) electrons. The van der Waals surface area contributed by atoms with Gasteiger partial charge in [0.1, 0.15) is 5.76 Å². The predicted molar refractivity (Wildman–Crippen MR) is 98.4 cm³/mol. The average Bonchev–Trinajstić information content (AvgIpc) is 3.00. The number of sulfone groups is 1. The van der Waals surface area contributed by atoms with E-state index in [1.807, 2.05) is 18.2 Å². The summed E-state index contributed by atoms with van der Waals surface area (Å²) in [6.45, 7) is 1.71. The quantitative estimate of drug-likeness (QED) is 0.719. The summed E-state index contributed by atoms with van der Waals surface area (Å²) >= 11 is 0. The number of anilines is 1. The Hall–Kier alpha value is -2.93. The molecule has 2 aromatic carbocycles. The molecule has 3 aromatic rings. The van der Waals surface area contributed by atoms with Crippen molar-refractivity contribution in [3.63, 3.8) is 0 Å². The van der Waals surface area contributed by atoms with Gasteiger partial charge < -0.3 is 9.84 Å². The molecule has 1 aromatic heterocycles. The van der Waals surface area contributed by atoms with Gasteiger partial charge in [0.2, 0.25) is 0 Å². The smallest absolute Gasteiger partial charge is 0.255 e. The Balaban J connectivity index is 1.64. The van der Waals surface area contributed by atoms with Crippen molar-refractivity contribution >= 4 is 21.4 Å². The molecule has 0 bridgehead atoms. The van der Waals surface area contributed by atoms with Crippen molar-refractivity contribution in [3.05, 3.63) is 83.2 Å². The second-order valence-electron chi connectivity index (χ2n) is 5.98. The van der Waals surface area contributed by atoms with Gasteiger partial charge in [0, 0.05) is 17.3 Å². The second-order valence-corrected chi connectivity index (χ2v) is 8.04. The maximum atomic E-state index is 12.3. The molecule has 134 valence electrons. The zero-order chi connectivity index (χ0) is 18.6. The number of para-hydroxylation sites is 1. The Labute approximate surface area is 151 Å². The molecule has 0 aliphatic heterocycles. The van der Waals surface area contributed by atoms with Gasteiger partial charge in [0.25, 0.3) is 5.91 Å². The summed E-state index contributed by atoms with van der Waals surface area (Å²) in [7, 11) is -3.38. The third kappa shape index (κ3) is 4.80. The van der Waals surface area contributed by atoms with Gasteiger partial charge >= 0.3 is 0 Å². The standard InChI is InChI=1S/C19H18N2O4S/c1-14-11-18(21-25-14)13-26(23,24)12-15-7-9-16(10-8-15)19(22)20-17-5-3-2-4-6-17/h2-11H,12-13H2,1H3,(H,20,22). The summed E-state index contributed by atoms with van der Waals surface area (Å²) in [6, 6.07) is 17.2. The van der Waals surface area contributed by atoms with Crippen molar-refractivity contribution in [2.24, 2.45) is 0 Å². The number of hydrogen-bond donors (Lipinski definition) is 1. The van der Waals surface area contributed by atoms with Crippen LogP contribution in [0.25, 0.3) is 0 Å². The van der Waals surface area contributed by atoms with Crippen LogP contribution in [0.5, 0.6) is 0 Å². The SMILES string of the molecule is Cc1cc(CS(=O)(=O)Cc2ccc(C(=O)Nc3ccccc3)cc2)no1. The number of nitrogens with one attached hydrogen (secondary N) is 1. The molecule has 26 heavy (non-hydrogen) atoms. The van der Waals surface area contributed by atoms with Crippen LogP contribution in [0.4, 0.5) is 5.69 Å². The first-order chi connectivity index (χ1) is 12.4. The lowest BCUT2D eigenvalue weighted by Crippen LogP contribution is -2.12. The number of hydrogen-bond acceptors (Lipinski definition) is 5. The number of carbonyl (C=O) groups is 1. The highest BCUT2D eigenvalue weighted by Gasteiger charge is 2.16. The van der Waals surface area contributed by atoms with Crippen LogP contribution in [0.1, 0.15) is 27.4 Å². The molecule has 1 heterocycles. The summed E-state index contributed by atoms with van der Waals surface area (Å²) < 4.78 is 29.4. The molecule has 6 nitrogen and oxygen atoms in total. The second kappa shape index (κ2) is 7.53. The van der Waals surface area contributed by atoms with Gasteiger partial charge in [0.15, 0.2) is 9.84 Å². The van der Waals surface area contributed by atoms with Crippen LogP contribution in [0.15, 0.2) is 65.2 Å². The van der Waals surface area contributed by atoms with Gasteiger partial charge in [-0.05, 0) is 36.8 Å². The maximum absolute atomic E-state index is 12.3. The molecule has 7 heteroatoms. The zero-order valence-electron chi connectivity index (χ0n) is 14.2. The lowest BCUT2D eigenvalue weighted by molar-refractivity contribution is 0.102. The van der Waals surface area contributed by atoms with Crippen LogP contribution in [0.3, 0.4) is 0 Å². The van der Waals surface area contributed by atoms with Crippen LogP contribution in [0, 0.1) is 6.92 Å². The lowest BCUT2D eigenvalue weighted by atomic mass is 10.1. The summed E-state index contributed by atoms with van der Waals surface area (Å²) in [5.74, 6) is 0.0211. The molecule has 0 atom stereocenters. The third-order valence-electron chi connectivity index (χ3n) is 3.68. The molecule has 0 saturated carbocycles. The van der Waals surface area contributed by atoms with Gasteiger partial charge in [-0.25, -0.2) is 8.42 Å². The Morgan fingerprint density at radius 3 is 2.35 bits per heavy atom. The molecule has 0 aliphatic carbocycles. The van der Waals surface area contributed by atoms with E-state index in [4.69, 9.17) is 4.52 Å². The van der Waals surface area contributed by atoms with Crippen molar-refractivity contribution in [1.29, 1.82) is 0 Å². The van der Waals surface area contributed by atoms with Crippen LogP contribution >= 0.6 is 0 Å². The van der Waals surface area contributed by atoms with E-state index in [0.29, 0.717) is 28.3 Å². The van der Waals surface area contributed by atoms with E-state index in [1.54, 1.807) is 49.4 Å². The Morgan fingerprint density at radius 1 is 1.04 bits per heavy atom. The molecular weight excluding hydrogens is 352 g/mol. The van der Waals surface area contributed by atoms with Crippen molar-refractivity contribution in [2.75, 3.05) is 5.32 Å². The van der Waals surface area contributed by atoms with E-state index in [1.165, 1.54) is 0 Å². The normalized spacial score (nSPS) is 11.3. The molecular formula is C19H18N2O4S. The summed E-state index contributed by atoms with van der Waals surface area (Å²) in [5, 5.41) is 6.50. The fourth-order valence-corrected chi connectivity index (χ4v) is 3.88. The first-order valence-corrected chi connectivity index (χ1v) is 9.81. The molecule has 3 rings (SSSR count). The first kappa shape index (κ1) is 17.9. The summed E-state index contributed by atoms with van der Waals surface area (Å²) in [4.78, 5) is 12.2. The minimum atomic E-state index is -3.38. The molecule has 1 amide bonds. The Kier molecular flexibility index (Phi) is 5.18. The monoisotopic (exact) mass is 370 g/mol. The van der Waals surface area contributed by atoms with Crippen molar-refractivity contribution in [3.8, 4) is 0 Å². The number of carbonyl (C=O) groups excluding carboxylic acids is 1. The Bertz CT molecular complexity index is 994. The molecule has 0 unspecified atom stereocenters. The highest BCUT2D eigenvalue weighted by Crippen LogP contribution is 2.15. The molecule has 0 aliphatic rings. The lowest BCUT2D eigenvalue weighted by Gasteiger charge is -2.06. The number of aryl methyl sites for hydroxylation is 1. The molecule has 0 fully saturated rings. The van der Waals surface area contributed by atoms with E-state index in [-0.39, 0.29) is 17.4 Å². The average molecular weight is 370 g/mol. The van der Waals surface area contributed by atoms with E-state index in [2.05, 4.69) is 10.5 Å². The van der Waals surface area contributed by atoms with Crippen LogP contribution in [0.2, 0.25) is 0 Å². The number of rotatable bonds is 6. The minimum absolute atomic E-state index is 0.126. The van der Waals surface area contributed by atoms with E-state index >= 15 is 0 Å². The van der Waals surface area contributed by atoms with Gasteiger partial charge in [-0.1, -0.05) is 35.5 Å². The largest absolute Gasteiger partial charge is 0.361 e. The van der Waals surface area contributed by atoms with Gasteiger partial charge in [-0.2, -0.15) is 0 Å². The summed E-state index contributed by atoms with van der Waals surface area (Å²) in [6.07, 6.45) is 0. The molecule has 0 saturated heterocycles. The highest BCUT2D eigenvalue weighted by atomic mass is 32.2. The number of nitrogens with zero attached hydrogens (tertiary/aromatic N) is 1. The number of amides is 1. The zero-order valence-corrected chi connectivity index (χ0v) is 15.0. The van der Waals surface area contributed by atoms with Gasteiger partial charge in [-0.3, -0.25) is 4.79 Å². The minimum Gasteiger partial charge on any atom is -0.361 e. The van der Waals surface area contributed by atoms with E-state index < -0.39 is 9.84 Å². The van der Waals surface area contributed by atoms with Crippen LogP contribution in [-0.2, 0) is 21.3 Å². The summed E-state index contributed by atoms with van der Waals surface area (Å²) in [5.41, 5.74) is 2.16. The van der Waals surface area contributed by atoms with E-state index in [9.17, 15) is 13.2 Å². The van der Waals surface area contributed by atoms with Crippen molar-refractivity contribution < 1.29 is 17.7 Å². The number of benzene rings is 2. The fourth-order valence-electron chi connectivity index (χ4n) is 2.49. The predicted octanol–water partition coefficient (Wildman–Crippen LogP) is 3.35. The van der Waals surface area contributed by atoms with Crippen LogP contribution in [-0.4, -0.2) is 19.5 Å². The van der Waals surface area contributed by atoms with Crippen molar-refractivity contribution in [2.45, 2.75) is 18.4 Å². The topological polar surface area (TPSA) is 89.3 Å². The molecule has 0 spiro atoms. The highest BCUT2D eigenvalue weighted by molar-refractivity contribution is 7.89. The molecule has 1 N–H and O–H groups in total.